The van der Waals surface area contributed by atoms with Gasteiger partial charge in [0, 0.05) is 30.2 Å². The fourth-order valence-electron chi connectivity index (χ4n) is 2.21. The Kier molecular flexibility index (Phi) is 4.62. The number of halogens is 2. The second-order valence-corrected chi connectivity index (χ2v) is 9.04. The van der Waals surface area contributed by atoms with Gasteiger partial charge in [0.15, 0.2) is 4.96 Å². The van der Waals surface area contributed by atoms with Crippen molar-refractivity contribution >= 4 is 59.5 Å². The maximum absolute atomic E-state index is 4.67. The zero-order chi connectivity index (χ0) is 14.1. The van der Waals surface area contributed by atoms with Gasteiger partial charge in [-0.3, -0.25) is 4.40 Å². The molecule has 0 aromatic carbocycles. The van der Waals surface area contributed by atoms with E-state index in [2.05, 4.69) is 77.3 Å². The monoisotopic (exact) mass is 433 g/mol. The molecule has 3 rings (SSSR count). The van der Waals surface area contributed by atoms with Gasteiger partial charge >= 0.3 is 0 Å². The second-order valence-electron chi connectivity index (χ2n) is 4.42. The van der Waals surface area contributed by atoms with E-state index in [1.54, 1.807) is 22.7 Å². The number of thiazole rings is 1. The molecule has 0 spiro atoms. The number of thiophene rings is 1. The van der Waals surface area contributed by atoms with E-state index in [0.717, 1.165) is 27.4 Å². The van der Waals surface area contributed by atoms with Crippen LogP contribution in [0.15, 0.2) is 31.4 Å². The van der Waals surface area contributed by atoms with E-state index < -0.39 is 0 Å². The Hall–Kier alpha value is -0.210. The number of hydrogen-bond donors (Lipinski definition) is 1. The third kappa shape index (κ3) is 3.01. The summed E-state index contributed by atoms with van der Waals surface area (Å²) in [4.78, 5) is 5.73. The molecule has 3 heterocycles. The van der Waals surface area contributed by atoms with Crippen LogP contribution in [-0.2, 0) is 6.42 Å². The van der Waals surface area contributed by atoms with Gasteiger partial charge in [-0.2, -0.15) is 0 Å². The van der Waals surface area contributed by atoms with Crippen LogP contribution < -0.4 is 5.32 Å². The van der Waals surface area contributed by atoms with Gasteiger partial charge < -0.3 is 5.32 Å². The summed E-state index contributed by atoms with van der Waals surface area (Å²) in [5.74, 6) is 0. The molecular weight excluding hydrogens is 422 g/mol. The summed E-state index contributed by atoms with van der Waals surface area (Å²) in [6.45, 7) is 3.07. The quantitative estimate of drug-likeness (QED) is 0.620. The zero-order valence-electron chi connectivity index (χ0n) is 10.8. The summed E-state index contributed by atoms with van der Waals surface area (Å²) in [5.41, 5.74) is 2.41. The van der Waals surface area contributed by atoms with Gasteiger partial charge in [0.25, 0.3) is 0 Å². The number of fused-ring (bicyclic) bond motifs is 1. The molecule has 20 heavy (non-hydrogen) atoms. The minimum absolute atomic E-state index is 0.279. The lowest BCUT2D eigenvalue weighted by molar-refractivity contribution is 0.545. The van der Waals surface area contributed by atoms with Crippen LogP contribution in [0.25, 0.3) is 4.96 Å². The molecule has 0 amide bonds. The van der Waals surface area contributed by atoms with E-state index >= 15 is 0 Å². The number of nitrogens with zero attached hydrogens (tertiary/aromatic N) is 2. The number of likely N-dealkylation sites (N-methyl/N-ethyl adjacent to an activating group) is 1. The van der Waals surface area contributed by atoms with Gasteiger partial charge in [0.2, 0.25) is 0 Å². The number of hydrogen-bond acceptors (Lipinski definition) is 4. The van der Waals surface area contributed by atoms with E-state index in [9.17, 15) is 0 Å². The van der Waals surface area contributed by atoms with Crippen LogP contribution in [0.5, 0.6) is 0 Å². The van der Waals surface area contributed by atoms with Crippen molar-refractivity contribution in [2.75, 3.05) is 6.54 Å². The molecule has 3 aromatic heterocycles. The largest absolute Gasteiger partial charge is 0.310 e. The minimum Gasteiger partial charge on any atom is -0.310 e. The van der Waals surface area contributed by atoms with Crippen LogP contribution in [0.3, 0.4) is 0 Å². The summed E-state index contributed by atoms with van der Waals surface area (Å²) >= 11 is 10.6. The highest BCUT2D eigenvalue weighted by Gasteiger charge is 2.18. The maximum Gasteiger partial charge on any atom is 0.193 e. The van der Waals surface area contributed by atoms with Crippen molar-refractivity contribution < 1.29 is 0 Å². The van der Waals surface area contributed by atoms with Crippen LogP contribution in [0.2, 0.25) is 0 Å². The van der Waals surface area contributed by atoms with Crippen LogP contribution in [0, 0.1) is 0 Å². The van der Waals surface area contributed by atoms with Crippen molar-refractivity contribution in [3.63, 3.8) is 0 Å². The maximum atomic E-state index is 4.67. The molecule has 0 saturated heterocycles. The van der Waals surface area contributed by atoms with E-state index in [1.807, 2.05) is 0 Å². The standard InChI is InChI=1S/C13H13Br2N3S2/c1-2-16-10(9-6-11(14)20-12(9)15)5-8-7-18-3-4-19-13(18)17-8/h3-4,6-7,10,16H,2,5H2,1H3. The van der Waals surface area contributed by atoms with E-state index in [4.69, 9.17) is 0 Å². The second kappa shape index (κ2) is 6.27. The summed E-state index contributed by atoms with van der Waals surface area (Å²) < 4.78 is 4.41. The summed E-state index contributed by atoms with van der Waals surface area (Å²) in [5, 5.41) is 5.60. The van der Waals surface area contributed by atoms with E-state index in [1.165, 1.54) is 9.35 Å². The SMILES string of the molecule is CCNC(Cc1cn2ccsc2n1)c1cc(Br)sc1Br. The summed E-state index contributed by atoms with van der Waals surface area (Å²) in [6.07, 6.45) is 5.06. The lowest BCUT2D eigenvalue weighted by Gasteiger charge is -2.16. The first-order valence-electron chi connectivity index (χ1n) is 6.26. The predicted molar refractivity (Wildman–Crippen MR) is 92.9 cm³/mol. The predicted octanol–water partition coefficient (Wildman–Crippen LogP) is 4.88. The van der Waals surface area contributed by atoms with Gasteiger partial charge in [-0.1, -0.05) is 6.92 Å². The van der Waals surface area contributed by atoms with Gasteiger partial charge in [-0.15, -0.1) is 22.7 Å². The highest BCUT2D eigenvalue weighted by atomic mass is 79.9. The molecule has 0 fully saturated rings. The Morgan fingerprint density at radius 2 is 2.30 bits per heavy atom. The van der Waals surface area contributed by atoms with Crippen molar-refractivity contribution in [2.24, 2.45) is 0 Å². The molecule has 0 aliphatic heterocycles. The Labute approximate surface area is 142 Å². The smallest absolute Gasteiger partial charge is 0.193 e. The normalized spacial score (nSPS) is 13.2. The van der Waals surface area contributed by atoms with Crippen molar-refractivity contribution in [3.05, 3.63) is 42.7 Å². The van der Waals surface area contributed by atoms with Gasteiger partial charge in [-0.05, 0) is 50.0 Å². The third-order valence-electron chi connectivity index (χ3n) is 3.07. The molecule has 1 atom stereocenters. The average Bonchev–Trinajstić information content (AvgIpc) is 3.03. The highest BCUT2D eigenvalue weighted by Crippen LogP contribution is 2.36. The first-order valence-corrected chi connectivity index (χ1v) is 9.54. The third-order valence-corrected chi connectivity index (χ3v) is 6.22. The van der Waals surface area contributed by atoms with Crippen LogP contribution in [0.1, 0.15) is 24.2 Å². The molecule has 0 saturated carbocycles. The lowest BCUT2D eigenvalue weighted by Crippen LogP contribution is -2.23. The van der Waals surface area contributed by atoms with E-state index in [0.29, 0.717) is 0 Å². The molecule has 0 aliphatic rings. The van der Waals surface area contributed by atoms with Crippen molar-refractivity contribution in [1.82, 2.24) is 14.7 Å². The van der Waals surface area contributed by atoms with Crippen molar-refractivity contribution in [1.29, 1.82) is 0 Å². The average molecular weight is 435 g/mol. The van der Waals surface area contributed by atoms with Crippen molar-refractivity contribution in [2.45, 2.75) is 19.4 Å². The zero-order valence-corrected chi connectivity index (χ0v) is 15.6. The summed E-state index contributed by atoms with van der Waals surface area (Å²) in [7, 11) is 0. The lowest BCUT2D eigenvalue weighted by atomic mass is 10.1. The molecule has 106 valence electrons. The molecule has 0 radical (unpaired) electrons. The number of aromatic nitrogens is 2. The summed E-state index contributed by atoms with van der Waals surface area (Å²) in [6, 6.07) is 2.46. The van der Waals surface area contributed by atoms with Crippen LogP contribution in [-0.4, -0.2) is 15.9 Å². The van der Waals surface area contributed by atoms with Crippen LogP contribution in [0.4, 0.5) is 0 Å². The number of nitrogens with one attached hydrogen (secondary N) is 1. The first-order chi connectivity index (χ1) is 9.67. The first kappa shape index (κ1) is 14.7. The number of rotatable bonds is 5. The van der Waals surface area contributed by atoms with Crippen LogP contribution >= 0.6 is 54.5 Å². The molecule has 3 aromatic rings. The topological polar surface area (TPSA) is 29.3 Å². The highest BCUT2D eigenvalue weighted by molar-refractivity contribution is 9.12. The molecular formula is C13H13Br2N3S2. The molecule has 0 aliphatic carbocycles. The van der Waals surface area contributed by atoms with Gasteiger partial charge in [0.1, 0.15) is 0 Å². The molecule has 0 bridgehead atoms. The van der Waals surface area contributed by atoms with Gasteiger partial charge in [-0.25, -0.2) is 4.98 Å². The fourth-order valence-corrected chi connectivity index (χ4v) is 5.91. The molecule has 7 heteroatoms. The van der Waals surface area contributed by atoms with E-state index in [-0.39, 0.29) is 6.04 Å². The Bertz CT molecular complexity index is 688. The molecule has 1 N–H and O–H groups in total. The molecule has 3 nitrogen and oxygen atoms in total. The van der Waals surface area contributed by atoms with Gasteiger partial charge in [0.05, 0.1) is 13.3 Å². The molecule has 1 unspecified atom stereocenters. The Morgan fingerprint density at radius 1 is 1.45 bits per heavy atom. The minimum atomic E-state index is 0.279. The number of imidazole rings is 1. The van der Waals surface area contributed by atoms with Crippen molar-refractivity contribution in [3.8, 4) is 0 Å². The fraction of sp³-hybridized carbons (Fsp3) is 0.308. The Balaban J connectivity index is 1.87. The Morgan fingerprint density at radius 3 is 2.95 bits per heavy atom.